The molecule has 8 nitrogen and oxygen atoms in total. The number of halogens is 3. The van der Waals surface area contributed by atoms with Crippen LogP contribution in [0.3, 0.4) is 0 Å². The van der Waals surface area contributed by atoms with E-state index in [-0.39, 0.29) is 0 Å². The van der Waals surface area contributed by atoms with Crippen LogP contribution in [0.4, 0.5) is 13.2 Å². The lowest BCUT2D eigenvalue weighted by molar-refractivity contribution is -0.193. The van der Waals surface area contributed by atoms with Crippen LogP contribution in [-0.2, 0) is 14.4 Å². The molecule has 0 radical (unpaired) electrons. The van der Waals surface area contributed by atoms with Crippen molar-refractivity contribution in [3.05, 3.63) is 0 Å². The number of alkyl halides is 3. The lowest BCUT2D eigenvalue weighted by atomic mass is 10.1. The number of carboxylic acids is 1. The van der Waals surface area contributed by atoms with Gasteiger partial charge in [0.2, 0.25) is 5.91 Å². The van der Waals surface area contributed by atoms with Crippen LogP contribution >= 0.6 is 0 Å². The van der Waals surface area contributed by atoms with E-state index in [9.17, 15) is 27.6 Å². The lowest BCUT2D eigenvalue weighted by Gasteiger charge is -2.29. The molecule has 0 aromatic heterocycles. The van der Waals surface area contributed by atoms with Crippen molar-refractivity contribution in [2.45, 2.75) is 31.3 Å². The Labute approximate surface area is 110 Å². The fourth-order valence-corrected chi connectivity index (χ4v) is 1.17. The molecule has 2 unspecified atom stereocenters. The Morgan fingerprint density at radius 3 is 2.00 bits per heavy atom. The number of imide groups is 1. The third-order valence-corrected chi connectivity index (χ3v) is 2.27. The van der Waals surface area contributed by atoms with E-state index in [0.717, 1.165) is 6.92 Å². The quantitative estimate of drug-likeness (QED) is 0.463. The molecule has 0 aromatic rings. The second kappa shape index (κ2) is 6.63. The van der Waals surface area contributed by atoms with Crippen molar-refractivity contribution in [1.29, 1.82) is 0 Å². The molecule has 0 fully saturated rings. The Morgan fingerprint density at radius 2 is 1.75 bits per heavy atom. The average Bonchev–Trinajstić information content (AvgIpc) is 2.31. The highest BCUT2D eigenvalue weighted by atomic mass is 19.4. The summed E-state index contributed by atoms with van der Waals surface area (Å²) in [7, 11) is 0. The third-order valence-electron chi connectivity index (χ3n) is 2.27. The van der Waals surface area contributed by atoms with Crippen LogP contribution in [0, 0.1) is 0 Å². The molecule has 20 heavy (non-hydrogen) atoms. The molecule has 2 amide bonds. The number of rotatable bonds is 5. The molecule has 0 spiro atoms. The van der Waals surface area contributed by atoms with Gasteiger partial charge in [-0.05, 0) is 6.92 Å². The van der Waals surface area contributed by atoms with Gasteiger partial charge in [-0.1, -0.05) is 0 Å². The van der Waals surface area contributed by atoms with Crippen LogP contribution in [0.15, 0.2) is 0 Å². The summed E-state index contributed by atoms with van der Waals surface area (Å²) in [6.45, 7) is -0.469. The zero-order valence-corrected chi connectivity index (χ0v) is 10.2. The Balaban J connectivity index is 5.65. The van der Waals surface area contributed by atoms with Gasteiger partial charge in [-0.3, -0.25) is 14.5 Å². The predicted molar refractivity (Wildman–Crippen MR) is 56.1 cm³/mol. The molecule has 0 saturated heterocycles. The minimum absolute atomic E-state index is 0.709. The van der Waals surface area contributed by atoms with Crippen LogP contribution < -0.4 is 5.73 Å². The maximum Gasteiger partial charge on any atom is 0.471 e. The molecule has 11 heteroatoms. The van der Waals surface area contributed by atoms with Crippen LogP contribution in [0.25, 0.3) is 0 Å². The first-order valence-corrected chi connectivity index (χ1v) is 5.16. The Morgan fingerprint density at radius 1 is 1.30 bits per heavy atom. The van der Waals surface area contributed by atoms with Crippen molar-refractivity contribution in [1.82, 2.24) is 4.90 Å². The first-order valence-electron chi connectivity index (χ1n) is 5.16. The maximum absolute atomic E-state index is 12.4. The van der Waals surface area contributed by atoms with Gasteiger partial charge >= 0.3 is 18.1 Å². The van der Waals surface area contributed by atoms with Crippen molar-refractivity contribution in [2.24, 2.45) is 5.73 Å². The summed E-state index contributed by atoms with van der Waals surface area (Å²) in [5.41, 5.74) is 5.10. The summed E-state index contributed by atoms with van der Waals surface area (Å²) in [5.74, 6) is -6.58. The molecule has 0 bridgehead atoms. The number of carbonyl (C=O) groups is 3. The van der Waals surface area contributed by atoms with Crippen molar-refractivity contribution in [3.8, 4) is 0 Å². The van der Waals surface area contributed by atoms with Gasteiger partial charge in [-0.25, -0.2) is 4.79 Å². The standard InChI is InChI=1S/C9H13F3N2O6/c1-3(16)5(13)6(17)14(4(2-15)7(18)19)8(20)9(10,11)12/h3-5,15-16H,2,13H2,1H3,(H,18,19)/t3?,4-,5?/m0/s1. The maximum atomic E-state index is 12.4. The second-order valence-electron chi connectivity index (χ2n) is 3.81. The van der Waals surface area contributed by atoms with E-state index in [2.05, 4.69) is 0 Å². The number of nitrogens with two attached hydrogens (primary N) is 1. The molecule has 0 aliphatic rings. The van der Waals surface area contributed by atoms with E-state index >= 15 is 0 Å². The Bertz CT molecular complexity index is 398. The van der Waals surface area contributed by atoms with Crippen LogP contribution in [0.1, 0.15) is 6.92 Å². The minimum Gasteiger partial charge on any atom is -0.480 e. The van der Waals surface area contributed by atoms with Gasteiger partial charge in [-0.2, -0.15) is 13.2 Å². The molecule has 5 N–H and O–H groups in total. The average molecular weight is 302 g/mol. The number of amides is 2. The second-order valence-corrected chi connectivity index (χ2v) is 3.81. The van der Waals surface area contributed by atoms with E-state index in [1.54, 1.807) is 0 Å². The van der Waals surface area contributed by atoms with E-state index in [0.29, 0.717) is 0 Å². The van der Waals surface area contributed by atoms with Crippen molar-refractivity contribution >= 4 is 17.8 Å². The van der Waals surface area contributed by atoms with Crippen LogP contribution in [0.2, 0.25) is 0 Å². The molecule has 0 aliphatic heterocycles. The molecular weight excluding hydrogens is 289 g/mol. The summed E-state index contributed by atoms with van der Waals surface area (Å²) in [6.07, 6.45) is -7.17. The Hall–Kier alpha value is -1.72. The smallest absolute Gasteiger partial charge is 0.471 e. The summed E-state index contributed by atoms with van der Waals surface area (Å²) in [5, 5.41) is 26.4. The number of carbonyl (C=O) groups excluding carboxylic acids is 2. The molecule has 3 atom stereocenters. The normalized spacial score (nSPS) is 16.1. The summed E-state index contributed by atoms with van der Waals surface area (Å²) in [4.78, 5) is 32.7. The number of hydrogen-bond donors (Lipinski definition) is 4. The van der Waals surface area contributed by atoms with E-state index in [1.807, 2.05) is 0 Å². The highest BCUT2D eigenvalue weighted by Gasteiger charge is 2.50. The summed E-state index contributed by atoms with van der Waals surface area (Å²) in [6, 6.07) is -4.41. The minimum atomic E-state index is -5.54. The highest BCUT2D eigenvalue weighted by molar-refractivity contribution is 6.03. The summed E-state index contributed by atoms with van der Waals surface area (Å²) >= 11 is 0. The first-order chi connectivity index (χ1) is 8.95. The molecule has 0 heterocycles. The number of hydrogen-bond acceptors (Lipinski definition) is 6. The third kappa shape index (κ3) is 4.15. The SMILES string of the molecule is CC(O)C(N)C(=O)N(C(=O)C(F)(F)F)[C@@H](CO)C(=O)O. The highest BCUT2D eigenvalue weighted by Crippen LogP contribution is 2.21. The fraction of sp³-hybridized carbons (Fsp3) is 0.667. The van der Waals surface area contributed by atoms with Crippen molar-refractivity contribution < 1.29 is 42.9 Å². The zero-order valence-electron chi connectivity index (χ0n) is 10.2. The van der Waals surface area contributed by atoms with Crippen molar-refractivity contribution in [2.75, 3.05) is 6.61 Å². The Kier molecular flexibility index (Phi) is 6.06. The van der Waals surface area contributed by atoms with Gasteiger partial charge in [0.05, 0.1) is 12.7 Å². The zero-order chi connectivity index (χ0) is 16.2. The van der Waals surface area contributed by atoms with Crippen LogP contribution in [-0.4, -0.2) is 69.0 Å². The van der Waals surface area contributed by atoms with E-state index in [1.165, 1.54) is 0 Å². The van der Waals surface area contributed by atoms with Gasteiger partial charge in [0.25, 0.3) is 0 Å². The topological polar surface area (TPSA) is 141 Å². The van der Waals surface area contributed by atoms with Gasteiger partial charge in [-0.15, -0.1) is 0 Å². The molecular formula is C9H13F3N2O6. The van der Waals surface area contributed by atoms with Crippen molar-refractivity contribution in [3.63, 3.8) is 0 Å². The fourth-order valence-electron chi connectivity index (χ4n) is 1.17. The summed E-state index contributed by atoms with van der Waals surface area (Å²) < 4.78 is 37.1. The molecule has 0 rings (SSSR count). The number of aliphatic hydroxyl groups excluding tert-OH is 2. The number of nitrogens with zero attached hydrogens (tertiary/aromatic N) is 1. The van der Waals surface area contributed by atoms with E-state index < -0.39 is 53.7 Å². The van der Waals surface area contributed by atoms with Gasteiger partial charge in [0.15, 0.2) is 6.04 Å². The monoisotopic (exact) mass is 302 g/mol. The number of aliphatic carboxylic acids is 1. The molecule has 116 valence electrons. The van der Waals surface area contributed by atoms with E-state index in [4.69, 9.17) is 21.1 Å². The number of carboxylic acid groups (broad SMARTS) is 1. The molecule has 0 saturated carbocycles. The van der Waals surface area contributed by atoms with Gasteiger partial charge < -0.3 is 21.1 Å². The lowest BCUT2D eigenvalue weighted by Crippen LogP contribution is -2.60. The van der Waals surface area contributed by atoms with Gasteiger partial charge in [0.1, 0.15) is 6.04 Å². The predicted octanol–water partition coefficient (Wildman–Crippen LogP) is -1.94. The number of aliphatic hydroxyl groups is 2. The largest absolute Gasteiger partial charge is 0.480 e. The van der Waals surface area contributed by atoms with Crippen LogP contribution in [0.5, 0.6) is 0 Å². The van der Waals surface area contributed by atoms with Gasteiger partial charge in [0, 0.05) is 0 Å². The molecule has 0 aliphatic carbocycles. The first kappa shape index (κ1) is 18.3. The molecule has 0 aromatic carbocycles.